The average Bonchev–Trinajstić information content (AvgIpc) is 2.62. The highest BCUT2D eigenvalue weighted by Gasteiger charge is 2.17. The molecule has 1 aromatic heterocycles. The van der Waals surface area contributed by atoms with Crippen LogP contribution in [0.25, 0.3) is 0 Å². The second-order valence-corrected chi connectivity index (χ2v) is 3.26. The van der Waals surface area contributed by atoms with E-state index < -0.39 is 6.10 Å². The van der Waals surface area contributed by atoms with Crippen molar-refractivity contribution < 1.29 is 5.11 Å². The maximum absolute atomic E-state index is 9.85. The molecule has 4 heteroatoms. The SMILES string of the molecule is CCn1cncc1C(O)C(C)CN. The fourth-order valence-electron chi connectivity index (χ4n) is 1.26. The summed E-state index contributed by atoms with van der Waals surface area (Å²) in [6, 6.07) is 0. The number of nitrogens with zero attached hydrogens (tertiary/aromatic N) is 2. The second kappa shape index (κ2) is 4.39. The minimum atomic E-state index is -0.507. The summed E-state index contributed by atoms with van der Waals surface area (Å²) in [7, 11) is 0. The average molecular weight is 183 g/mol. The highest BCUT2D eigenvalue weighted by molar-refractivity contribution is 5.03. The highest BCUT2D eigenvalue weighted by Crippen LogP contribution is 2.20. The van der Waals surface area contributed by atoms with Crippen molar-refractivity contribution in [2.24, 2.45) is 11.7 Å². The number of imidazole rings is 1. The Morgan fingerprint density at radius 3 is 2.92 bits per heavy atom. The van der Waals surface area contributed by atoms with Gasteiger partial charge in [-0.2, -0.15) is 0 Å². The standard InChI is InChI=1S/C9H17N3O/c1-3-12-6-11-5-8(12)9(13)7(2)4-10/h5-7,9,13H,3-4,10H2,1-2H3. The van der Waals surface area contributed by atoms with Gasteiger partial charge in [0, 0.05) is 6.54 Å². The van der Waals surface area contributed by atoms with E-state index in [1.165, 1.54) is 0 Å². The quantitative estimate of drug-likeness (QED) is 0.715. The Labute approximate surface area is 78.4 Å². The van der Waals surface area contributed by atoms with Gasteiger partial charge in [0.2, 0.25) is 0 Å². The predicted octanol–water partition coefficient (Wildman–Crippen LogP) is 0.531. The van der Waals surface area contributed by atoms with Gasteiger partial charge in [-0.05, 0) is 19.4 Å². The zero-order valence-corrected chi connectivity index (χ0v) is 8.14. The van der Waals surface area contributed by atoms with E-state index in [4.69, 9.17) is 5.73 Å². The van der Waals surface area contributed by atoms with Gasteiger partial charge in [0.1, 0.15) is 0 Å². The third kappa shape index (κ3) is 2.08. The van der Waals surface area contributed by atoms with E-state index in [9.17, 15) is 5.11 Å². The molecule has 0 aliphatic heterocycles. The molecule has 0 radical (unpaired) electrons. The third-order valence-electron chi connectivity index (χ3n) is 2.30. The molecular formula is C9H17N3O. The Morgan fingerprint density at radius 1 is 1.69 bits per heavy atom. The minimum Gasteiger partial charge on any atom is -0.386 e. The van der Waals surface area contributed by atoms with E-state index >= 15 is 0 Å². The molecule has 0 bridgehead atoms. The summed E-state index contributed by atoms with van der Waals surface area (Å²) >= 11 is 0. The zero-order chi connectivity index (χ0) is 9.84. The molecule has 0 aromatic carbocycles. The lowest BCUT2D eigenvalue weighted by Crippen LogP contribution is -2.20. The topological polar surface area (TPSA) is 64.1 Å². The van der Waals surface area contributed by atoms with Crippen molar-refractivity contribution in [3.8, 4) is 0 Å². The van der Waals surface area contributed by atoms with Gasteiger partial charge in [-0.1, -0.05) is 6.92 Å². The Hall–Kier alpha value is -0.870. The van der Waals surface area contributed by atoms with E-state index in [1.54, 1.807) is 12.5 Å². The highest BCUT2D eigenvalue weighted by atomic mass is 16.3. The van der Waals surface area contributed by atoms with Crippen molar-refractivity contribution in [3.05, 3.63) is 18.2 Å². The number of aliphatic hydroxyl groups excluding tert-OH is 1. The number of rotatable bonds is 4. The predicted molar refractivity (Wildman–Crippen MR) is 51.1 cm³/mol. The van der Waals surface area contributed by atoms with E-state index in [0.29, 0.717) is 6.54 Å². The lowest BCUT2D eigenvalue weighted by atomic mass is 10.0. The molecule has 0 aliphatic carbocycles. The molecule has 2 unspecified atom stereocenters. The van der Waals surface area contributed by atoms with Crippen LogP contribution in [0.1, 0.15) is 25.6 Å². The van der Waals surface area contributed by atoms with Gasteiger partial charge in [-0.3, -0.25) is 0 Å². The number of aliphatic hydroxyl groups is 1. The summed E-state index contributed by atoms with van der Waals surface area (Å²) in [5.41, 5.74) is 6.33. The van der Waals surface area contributed by atoms with Crippen LogP contribution in [0.15, 0.2) is 12.5 Å². The van der Waals surface area contributed by atoms with Crippen molar-refractivity contribution in [3.63, 3.8) is 0 Å². The monoisotopic (exact) mass is 183 g/mol. The second-order valence-electron chi connectivity index (χ2n) is 3.26. The molecule has 3 N–H and O–H groups in total. The maximum Gasteiger partial charge on any atom is 0.0993 e. The van der Waals surface area contributed by atoms with Crippen LogP contribution in [0.4, 0.5) is 0 Å². The van der Waals surface area contributed by atoms with Gasteiger partial charge in [-0.25, -0.2) is 4.98 Å². The van der Waals surface area contributed by atoms with Crippen LogP contribution in [0.3, 0.4) is 0 Å². The molecule has 0 spiro atoms. The minimum absolute atomic E-state index is 0.0713. The summed E-state index contributed by atoms with van der Waals surface area (Å²) in [6.07, 6.45) is 2.91. The molecule has 0 fully saturated rings. The van der Waals surface area contributed by atoms with Crippen LogP contribution in [-0.2, 0) is 6.54 Å². The normalized spacial score (nSPS) is 15.7. The van der Waals surface area contributed by atoms with Crippen molar-refractivity contribution in [1.29, 1.82) is 0 Å². The lowest BCUT2D eigenvalue weighted by Gasteiger charge is -2.17. The van der Waals surface area contributed by atoms with Crippen LogP contribution in [0.5, 0.6) is 0 Å². The Balaban J connectivity index is 2.81. The number of nitrogens with two attached hydrogens (primary N) is 1. The summed E-state index contributed by atoms with van der Waals surface area (Å²) in [4.78, 5) is 3.99. The largest absolute Gasteiger partial charge is 0.386 e. The first-order chi connectivity index (χ1) is 6.20. The summed E-state index contributed by atoms with van der Waals surface area (Å²) in [5, 5.41) is 9.85. The molecule has 2 atom stereocenters. The van der Waals surface area contributed by atoms with Crippen molar-refractivity contribution >= 4 is 0 Å². The number of hydrogen-bond donors (Lipinski definition) is 2. The molecular weight excluding hydrogens is 166 g/mol. The summed E-state index contributed by atoms with van der Waals surface area (Å²) in [6.45, 7) is 5.25. The number of aryl methyl sites for hydroxylation is 1. The Kier molecular flexibility index (Phi) is 3.45. The lowest BCUT2D eigenvalue weighted by molar-refractivity contribution is 0.113. The van der Waals surface area contributed by atoms with Gasteiger partial charge in [0.05, 0.1) is 24.3 Å². The molecule has 74 valence electrons. The van der Waals surface area contributed by atoms with Crippen LogP contribution in [0, 0.1) is 5.92 Å². The molecule has 4 nitrogen and oxygen atoms in total. The van der Waals surface area contributed by atoms with E-state index in [1.807, 2.05) is 18.4 Å². The van der Waals surface area contributed by atoms with Crippen molar-refractivity contribution in [1.82, 2.24) is 9.55 Å². The first-order valence-corrected chi connectivity index (χ1v) is 4.58. The van der Waals surface area contributed by atoms with E-state index in [-0.39, 0.29) is 5.92 Å². The molecule has 1 heterocycles. The maximum atomic E-state index is 9.85. The third-order valence-corrected chi connectivity index (χ3v) is 2.30. The van der Waals surface area contributed by atoms with E-state index in [2.05, 4.69) is 4.98 Å². The molecule has 0 saturated carbocycles. The molecule has 0 saturated heterocycles. The van der Waals surface area contributed by atoms with Crippen LogP contribution < -0.4 is 5.73 Å². The van der Waals surface area contributed by atoms with Gasteiger partial charge < -0.3 is 15.4 Å². The smallest absolute Gasteiger partial charge is 0.0993 e. The van der Waals surface area contributed by atoms with Crippen LogP contribution in [0.2, 0.25) is 0 Å². The van der Waals surface area contributed by atoms with Crippen LogP contribution >= 0.6 is 0 Å². The summed E-state index contributed by atoms with van der Waals surface area (Å²) < 4.78 is 1.93. The Morgan fingerprint density at radius 2 is 2.38 bits per heavy atom. The van der Waals surface area contributed by atoms with Crippen LogP contribution in [-0.4, -0.2) is 21.2 Å². The number of aromatic nitrogens is 2. The van der Waals surface area contributed by atoms with E-state index in [0.717, 1.165) is 12.2 Å². The number of hydrogen-bond acceptors (Lipinski definition) is 3. The molecule has 0 amide bonds. The van der Waals surface area contributed by atoms with Gasteiger partial charge in [0.15, 0.2) is 0 Å². The molecule has 13 heavy (non-hydrogen) atoms. The molecule has 0 aliphatic rings. The van der Waals surface area contributed by atoms with Crippen molar-refractivity contribution in [2.75, 3.05) is 6.54 Å². The fraction of sp³-hybridized carbons (Fsp3) is 0.667. The van der Waals surface area contributed by atoms with Gasteiger partial charge in [0.25, 0.3) is 0 Å². The first-order valence-electron chi connectivity index (χ1n) is 4.58. The fourth-order valence-corrected chi connectivity index (χ4v) is 1.26. The Bertz CT molecular complexity index is 259. The molecule has 1 aromatic rings. The van der Waals surface area contributed by atoms with Gasteiger partial charge in [-0.15, -0.1) is 0 Å². The summed E-state index contributed by atoms with van der Waals surface area (Å²) in [5.74, 6) is 0.0713. The van der Waals surface area contributed by atoms with Gasteiger partial charge >= 0.3 is 0 Å². The van der Waals surface area contributed by atoms with Crippen molar-refractivity contribution in [2.45, 2.75) is 26.5 Å². The zero-order valence-electron chi connectivity index (χ0n) is 8.14. The molecule has 1 rings (SSSR count). The first kappa shape index (κ1) is 10.2.